The van der Waals surface area contributed by atoms with E-state index in [2.05, 4.69) is 31.2 Å². The molecule has 1 aliphatic carbocycles. The first kappa shape index (κ1) is 12.6. The summed E-state index contributed by atoms with van der Waals surface area (Å²) in [5.41, 5.74) is 7.66. The molecule has 1 aromatic rings. The second-order valence-corrected chi connectivity index (χ2v) is 5.33. The third kappa shape index (κ3) is 2.88. The summed E-state index contributed by atoms with van der Waals surface area (Å²) in [6, 6.07) is 8.56. The molecule has 1 fully saturated rings. The van der Waals surface area contributed by atoms with Crippen LogP contribution in [-0.2, 0) is 12.0 Å². The molecule has 3 N–H and O–H groups in total. The van der Waals surface area contributed by atoms with Crippen LogP contribution < -0.4 is 5.73 Å². The topological polar surface area (TPSA) is 46.2 Å². The highest BCUT2D eigenvalue weighted by molar-refractivity contribution is 5.28. The van der Waals surface area contributed by atoms with Gasteiger partial charge in [-0.05, 0) is 43.2 Å². The Bertz CT molecular complexity index is 360. The van der Waals surface area contributed by atoms with Crippen molar-refractivity contribution in [3.8, 4) is 0 Å². The van der Waals surface area contributed by atoms with E-state index in [-0.39, 0.29) is 6.04 Å². The maximum Gasteiger partial charge on any atom is 0.0911 e. The quantitative estimate of drug-likeness (QED) is 0.843. The number of hydrogen-bond acceptors (Lipinski definition) is 2. The van der Waals surface area contributed by atoms with E-state index >= 15 is 0 Å². The Morgan fingerprint density at radius 2 is 2.06 bits per heavy atom. The average Bonchev–Trinajstić information content (AvgIpc) is 2.30. The van der Waals surface area contributed by atoms with Gasteiger partial charge >= 0.3 is 0 Å². The van der Waals surface area contributed by atoms with E-state index in [4.69, 9.17) is 5.73 Å². The minimum absolute atomic E-state index is 0.143. The van der Waals surface area contributed by atoms with Gasteiger partial charge in [0.25, 0.3) is 0 Å². The van der Waals surface area contributed by atoms with Crippen LogP contribution in [0.5, 0.6) is 0 Å². The van der Waals surface area contributed by atoms with Gasteiger partial charge in [0, 0.05) is 6.04 Å². The summed E-state index contributed by atoms with van der Waals surface area (Å²) in [6.45, 7) is 2.18. The summed E-state index contributed by atoms with van der Waals surface area (Å²) in [4.78, 5) is 0. The lowest BCUT2D eigenvalue weighted by molar-refractivity contribution is -0.00717. The van der Waals surface area contributed by atoms with Gasteiger partial charge in [0.05, 0.1) is 5.60 Å². The van der Waals surface area contributed by atoms with E-state index in [1.165, 1.54) is 5.56 Å². The molecule has 0 heterocycles. The molecule has 0 bridgehead atoms. The summed E-state index contributed by atoms with van der Waals surface area (Å²) in [5.74, 6) is 0. The predicted octanol–water partition coefficient (Wildman–Crippen LogP) is 2.73. The van der Waals surface area contributed by atoms with Crippen LogP contribution in [0.3, 0.4) is 0 Å². The predicted molar refractivity (Wildman–Crippen MR) is 70.8 cm³/mol. The minimum atomic E-state index is -0.692. The number of benzene rings is 1. The van der Waals surface area contributed by atoms with Gasteiger partial charge in [-0.15, -0.1) is 0 Å². The first-order chi connectivity index (χ1) is 8.14. The molecule has 17 heavy (non-hydrogen) atoms. The van der Waals surface area contributed by atoms with Crippen molar-refractivity contribution in [2.24, 2.45) is 5.73 Å². The van der Waals surface area contributed by atoms with Crippen molar-refractivity contribution in [1.82, 2.24) is 0 Å². The molecule has 0 saturated heterocycles. The fourth-order valence-corrected chi connectivity index (χ4v) is 2.83. The van der Waals surface area contributed by atoms with Crippen LogP contribution in [-0.4, -0.2) is 11.1 Å². The molecule has 2 rings (SSSR count). The third-order valence-corrected chi connectivity index (χ3v) is 3.80. The average molecular weight is 233 g/mol. The van der Waals surface area contributed by atoms with Crippen molar-refractivity contribution in [2.75, 3.05) is 0 Å². The van der Waals surface area contributed by atoms with Crippen molar-refractivity contribution in [1.29, 1.82) is 0 Å². The van der Waals surface area contributed by atoms with Crippen LogP contribution in [0.2, 0.25) is 0 Å². The van der Waals surface area contributed by atoms with Crippen LogP contribution in [0, 0.1) is 0 Å². The molecule has 2 unspecified atom stereocenters. The molecule has 0 aromatic heterocycles. The van der Waals surface area contributed by atoms with Gasteiger partial charge in [-0.3, -0.25) is 0 Å². The highest BCUT2D eigenvalue weighted by Crippen LogP contribution is 2.36. The number of aryl methyl sites for hydroxylation is 1. The summed E-state index contributed by atoms with van der Waals surface area (Å²) >= 11 is 0. The van der Waals surface area contributed by atoms with E-state index in [0.29, 0.717) is 6.42 Å². The zero-order valence-corrected chi connectivity index (χ0v) is 10.7. The lowest BCUT2D eigenvalue weighted by Crippen LogP contribution is -2.39. The number of aliphatic hydroxyl groups is 1. The van der Waals surface area contributed by atoms with Gasteiger partial charge in [-0.1, -0.05) is 37.6 Å². The fraction of sp³-hybridized carbons (Fsp3) is 0.600. The molecule has 1 aliphatic rings. The molecule has 0 amide bonds. The number of rotatable bonds is 3. The standard InChI is InChI=1S/C15H23NO/c1-2-4-12-6-8-13(9-7-12)15(17)10-3-5-14(16)11-15/h6-9,14,17H,2-5,10-11,16H2,1H3. The Hall–Kier alpha value is -0.860. The van der Waals surface area contributed by atoms with Gasteiger partial charge in [-0.25, -0.2) is 0 Å². The molecule has 2 atom stereocenters. The smallest absolute Gasteiger partial charge is 0.0911 e. The van der Waals surface area contributed by atoms with Crippen molar-refractivity contribution in [3.05, 3.63) is 35.4 Å². The Labute approximate surface area is 104 Å². The second kappa shape index (κ2) is 5.19. The third-order valence-electron chi connectivity index (χ3n) is 3.80. The summed E-state index contributed by atoms with van der Waals surface area (Å²) in [6.07, 6.45) is 5.87. The van der Waals surface area contributed by atoms with Crippen LogP contribution in [0.4, 0.5) is 0 Å². The van der Waals surface area contributed by atoms with Gasteiger partial charge < -0.3 is 10.8 Å². The zero-order valence-electron chi connectivity index (χ0n) is 10.7. The summed E-state index contributed by atoms with van der Waals surface area (Å²) in [7, 11) is 0. The summed E-state index contributed by atoms with van der Waals surface area (Å²) < 4.78 is 0. The van der Waals surface area contributed by atoms with E-state index in [1.54, 1.807) is 0 Å². The van der Waals surface area contributed by atoms with Crippen LogP contribution in [0.1, 0.15) is 50.2 Å². The van der Waals surface area contributed by atoms with Crippen molar-refractivity contribution in [2.45, 2.75) is 57.1 Å². The first-order valence-corrected chi connectivity index (χ1v) is 6.71. The van der Waals surface area contributed by atoms with E-state index in [0.717, 1.165) is 37.7 Å². The summed E-state index contributed by atoms with van der Waals surface area (Å²) in [5, 5.41) is 10.7. The SMILES string of the molecule is CCCc1ccc(C2(O)CCCC(N)C2)cc1. The maximum absolute atomic E-state index is 10.7. The normalized spacial score (nSPS) is 29.2. The van der Waals surface area contributed by atoms with Gasteiger partial charge in [-0.2, -0.15) is 0 Å². The van der Waals surface area contributed by atoms with E-state index < -0.39 is 5.60 Å². The highest BCUT2D eigenvalue weighted by atomic mass is 16.3. The Morgan fingerprint density at radius 1 is 1.35 bits per heavy atom. The number of hydrogen-bond donors (Lipinski definition) is 2. The monoisotopic (exact) mass is 233 g/mol. The van der Waals surface area contributed by atoms with Crippen LogP contribution >= 0.6 is 0 Å². The van der Waals surface area contributed by atoms with Crippen molar-refractivity contribution in [3.63, 3.8) is 0 Å². The van der Waals surface area contributed by atoms with Crippen LogP contribution in [0.15, 0.2) is 24.3 Å². The zero-order chi connectivity index (χ0) is 12.3. The van der Waals surface area contributed by atoms with Gasteiger partial charge in [0.2, 0.25) is 0 Å². The molecule has 0 radical (unpaired) electrons. The highest BCUT2D eigenvalue weighted by Gasteiger charge is 2.34. The molecule has 2 nitrogen and oxygen atoms in total. The fourth-order valence-electron chi connectivity index (χ4n) is 2.83. The van der Waals surface area contributed by atoms with Crippen molar-refractivity contribution < 1.29 is 5.11 Å². The number of nitrogens with two attached hydrogens (primary N) is 1. The lowest BCUT2D eigenvalue weighted by Gasteiger charge is -2.35. The molecule has 1 aromatic carbocycles. The minimum Gasteiger partial charge on any atom is -0.385 e. The van der Waals surface area contributed by atoms with E-state index in [1.807, 2.05) is 0 Å². The molecule has 0 spiro atoms. The Morgan fingerprint density at radius 3 is 2.65 bits per heavy atom. The van der Waals surface area contributed by atoms with Gasteiger partial charge in [0.1, 0.15) is 0 Å². The first-order valence-electron chi connectivity index (χ1n) is 6.71. The van der Waals surface area contributed by atoms with Crippen LogP contribution in [0.25, 0.3) is 0 Å². The van der Waals surface area contributed by atoms with E-state index in [9.17, 15) is 5.11 Å². The largest absolute Gasteiger partial charge is 0.385 e. The Kier molecular flexibility index (Phi) is 3.85. The molecule has 1 saturated carbocycles. The van der Waals surface area contributed by atoms with Crippen molar-refractivity contribution >= 4 is 0 Å². The molecule has 94 valence electrons. The second-order valence-electron chi connectivity index (χ2n) is 5.33. The maximum atomic E-state index is 10.7. The molecule has 2 heteroatoms. The molecular formula is C15H23NO. The van der Waals surface area contributed by atoms with Gasteiger partial charge in [0.15, 0.2) is 0 Å². The molecular weight excluding hydrogens is 210 g/mol. The molecule has 0 aliphatic heterocycles. The Balaban J connectivity index is 2.15. The lowest BCUT2D eigenvalue weighted by atomic mass is 9.77.